The highest BCUT2D eigenvalue weighted by atomic mass is 31.1. The lowest BCUT2D eigenvalue weighted by atomic mass is 9.92. The third-order valence-corrected chi connectivity index (χ3v) is 14.8. The van der Waals surface area contributed by atoms with Crippen molar-refractivity contribution >= 4 is 19.3 Å². The maximum Gasteiger partial charge on any atom is 0.121 e. The molecule has 3 saturated carbocycles. The molecule has 2 aromatic carbocycles. The third-order valence-electron chi connectivity index (χ3n) is 10.8. The summed E-state index contributed by atoms with van der Waals surface area (Å²) in [6.07, 6.45) is 25.0. The highest BCUT2D eigenvalue weighted by Gasteiger charge is 2.42. The molecule has 226 valence electrons. The van der Waals surface area contributed by atoms with Crippen molar-refractivity contribution in [2.24, 2.45) is 0 Å². The van der Waals surface area contributed by atoms with Crippen molar-refractivity contribution < 1.29 is 0 Å². The summed E-state index contributed by atoms with van der Waals surface area (Å²) < 4.78 is 0. The van der Waals surface area contributed by atoms with Gasteiger partial charge in [-0.2, -0.15) is 0 Å². The fourth-order valence-electron chi connectivity index (χ4n) is 9.31. The molecule has 1 aliphatic heterocycles. The van der Waals surface area contributed by atoms with Gasteiger partial charge in [-0.3, -0.25) is 0 Å². The van der Waals surface area contributed by atoms with Crippen LogP contribution in [0.15, 0.2) is 48.1 Å². The minimum atomic E-state index is -0.0264. The first-order chi connectivity index (χ1) is 20.3. The van der Waals surface area contributed by atoms with E-state index in [2.05, 4.69) is 88.0 Å². The van der Waals surface area contributed by atoms with Crippen molar-refractivity contribution in [1.29, 1.82) is 0 Å². The molecule has 1 heterocycles. The van der Waals surface area contributed by atoms with Crippen LogP contribution in [0.5, 0.6) is 0 Å². The van der Waals surface area contributed by atoms with Crippen LogP contribution < -0.4 is 9.80 Å². The molecule has 1 unspecified atom stereocenters. The van der Waals surface area contributed by atoms with Gasteiger partial charge in [0.1, 0.15) is 5.82 Å². The lowest BCUT2D eigenvalue weighted by Crippen LogP contribution is -2.34. The number of benzene rings is 2. The Morgan fingerprint density at radius 1 is 0.524 bits per heavy atom. The lowest BCUT2D eigenvalue weighted by molar-refractivity contribution is 0.476. The van der Waals surface area contributed by atoms with Crippen LogP contribution in [0.4, 0.5) is 11.4 Å². The van der Waals surface area contributed by atoms with Gasteiger partial charge in [0.15, 0.2) is 0 Å². The van der Waals surface area contributed by atoms with Crippen molar-refractivity contribution in [2.75, 3.05) is 9.80 Å². The molecule has 0 amide bonds. The second-order valence-electron chi connectivity index (χ2n) is 14.2. The highest BCUT2D eigenvalue weighted by Crippen LogP contribution is 2.63. The molecule has 3 heteroatoms. The summed E-state index contributed by atoms with van der Waals surface area (Å²) in [5, 5.41) is 0. The Labute approximate surface area is 258 Å². The molecule has 6 rings (SSSR count). The van der Waals surface area contributed by atoms with Gasteiger partial charge in [-0.05, 0) is 126 Å². The first-order valence-electron chi connectivity index (χ1n) is 17.3. The molecule has 3 fully saturated rings. The molecule has 4 aliphatic rings. The average Bonchev–Trinajstić information content (AvgIpc) is 3.37. The smallest absolute Gasteiger partial charge is 0.121 e. The summed E-state index contributed by atoms with van der Waals surface area (Å²) in [5.74, 6) is 1.49. The second kappa shape index (κ2) is 12.9. The van der Waals surface area contributed by atoms with E-state index in [4.69, 9.17) is 0 Å². The van der Waals surface area contributed by atoms with E-state index in [9.17, 15) is 0 Å². The van der Waals surface area contributed by atoms with Crippen LogP contribution in [0.25, 0.3) is 0 Å². The zero-order valence-electron chi connectivity index (χ0n) is 27.4. The summed E-state index contributed by atoms with van der Waals surface area (Å²) in [7, 11) is -0.0264. The predicted molar refractivity (Wildman–Crippen MR) is 185 cm³/mol. The van der Waals surface area contributed by atoms with E-state index >= 15 is 0 Å². The summed E-state index contributed by atoms with van der Waals surface area (Å²) in [6, 6.07) is 9.55. The molecular formula is C39H55N2P. The number of allylic oxidation sites excluding steroid dienone is 1. The van der Waals surface area contributed by atoms with Gasteiger partial charge < -0.3 is 9.80 Å². The average molecular weight is 583 g/mol. The standard InChI is InChI=1S/C39H55N2P/c1-27-23-29(3)37(30(4)24-27)40-21-22-41(38-31(5)25-28(2)26-32(38)6)39(40)35-19-13-14-20-36(35)42(33-15-9-7-10-16-33)34-17-11-8-12-18-34/h21-26,33-34,36H,7-20H2,1-6H3. The summed E-state index contributed by atoms with van der Waals surface area (Å²) >= 11 is 0. The maximum absolute atomic E-state index is 2.63. The molecule has 0 spiro atoms. The Balaban J connectivity index is 1.54. The number of hydrogen-bond donors (Lipinski definition) is 0. The van der Waals surface area contributed by atoms with Crippen LogP contribution in [-0.2, 0) is 0 Å². The zero-order valence-corrected chi connectivity index (χ0v) is 28.3. The molecule has 2 nitrogen and oxygen atoms in total. The van der Waals surface area contributed by atoms with E-state index in [0.717, 1.165) is 17.0 Å². The minimum absolute atomic E-state index is 0.0264. The second-order valence-corrected chi connectivity index (χ2v) is 17.2. The van der Waals surface area contributed by atoms with Crippen molar-refractivity contribution in [2.45, 2.75) is 148 Å². The lowest BCUT2D eigenvalue weighted by Gasteiger charge is -2.46. The molecule has 0 aromatic heterocycles. The van der Waals surface area contributed by atoms with E-state index in [1.54, 1.807) is 5.57 Å². The van der Waals surface area contributed by atoms with Crippen molar-refractivity contribution in [3.05, 3.63) is 81.4 Å². The highest BCUT2D eigenvalue weighted by molar-refractivity contribution is 7.60. The van der Waals surface area contributed by atoms with Crippen molar-refractivity contribution in [1.82, 2.24) is 0 Å². The monoisotopic (exact) mass is 582 g/mol. The topological polar surface area (TPSA) is 6.48 Å². The maximum atomic E-state index is 2.63. The predicted octanol–water partition coefficient (Wildman–Crippen LogP) is 11.6. The van der Waals surface area contributed by atoms with Gasteiger partial charge in [0, 0.05) is 18.1 Å². The van der Waals surface area contributed by atoms with E-state index in [1.807, 2.05) is 0 Å². The van der Waals surface area contributed by atoms with E-state index in [1.165, 1.54) is 140 Å². The van der Waals surface area contributed by atoms with Crippen LogP contribution in [0.3, 0.4) is 0 Å². The van der Waals surface area contributed by atoms with Crippen LogP contribution in [0.2, 0.25) is 0 Å². The molecule has 0 bridgehead atoms. The molecule has 0 saturated heterocycles. The third kappa shape index (κ3) is 5.87. The van der Waals surface area contributed by atoms with Crippen LogP contribution in [0, 0.1) is 41.5 Å². The number of nitrogens with zero attached hydrogens (tertiary/aromatic N) is 2. The summed E-state index contributed by atoms with van der Waals surface area (Å²) in [6.45, 7) is 13.8. The molecule has 2 aromatic rings. The molecule has 0 N–H and O–H groups in total. The normalized spacial score (nSPS) is 22.6. The first-order valence-corrected chi connectivity index (χ1v) is 18.8. The minimum Gasteiger partial charge on any atom is -0.301 e. The van der Waals surface area contributed by atoms with Crippen molar-refractivity contribution in [3.8, 4) is 0 Å². The molecule has 3 aliphatic carbocycles. The Hall–Kier alpha value is -2.05. The number of rotatable bonds is 5. The van der Waals surface area contributed by atoms with E-state index < -0.39 is 0 Å². The van der Waals surface area contributed by atoms with Gasteiger partial charge in [-0.25, -0.2) is 0 Å². The summed E-state index contributed by atoms with van der Waals surface area (Å²) in [5.41, 5.74) is 15.6. The Morgan fingerprint density at radius 3 is 1.36 bits per heavy atom. The molecule has 0 radical (unpaired) electrons. The molecule has 42 heavy (non-hydrogen) atoms. The van der Waals surface area contributed by atoms with Gasteiger partial charge in [0.2, 0.25) is 0 Å². The largest absolute Gasteiger partial charge is 0.301 e. The van der Waals surface area contributed by atoms with E-state index in [-0.39, 0.29) is 7.92 Å². The van der Waals surface area contributed by atoms with Gasteiger partial charge >= 0.3 is 0 Å². The number of hydrogen-bond acceptors (Lipinski definition) is 2. The van der Waals surface area contributed by atoms with Crippen LogP contribution >= 0.6 is 7.92 Å². The first kappa shape index (κ1) is 30.0. The molecular weight excluding hydrogens is 527 g/mol. The van der Waals surface area contributed by atoms with Gasteiger partial charge in [0.05, 0.1) is 11.4 Å². The van der Waals surface area contributed by atoms with Crippen molar-refractivity contribution in [3.63, 3.8) is 0 Å². The fourth-order valence-corrected chi connectivity index (χ4v) is 13.9. The van der Waals surface area contributed by atoms with Gasteiger partial charge in [0.25, 0.3) is 0 Å². The van der Waals surface area contributed by atoms with Crippen LogP contribution in [-0.4, -0.2) is 17.0 Å². The Kier molecular flexibility index (Phi) is 9.21. The molecule has 1 atom stereocenters. The number of aryl methyl sites for hydroxylation is 6. The fraction of sp³-hybridized carbons (Fsp3) is 0.590. The van der Waals surface area contributed by atoms with E-state index in [0.29, 0.717) is 0 Å². The Morgan fingerprint density at radius 2 is 0.929 bits per heavy atom. The quantitative estimate of drug-likeness (QED) is 0.324. The van der Waals surface area contributed by atoms with Crippen LogP contribution in [0.1, 0.15) is 123 Å². The SMILES string of the molecule is Cc1cc(C)c(N2C=CN(c3c(C)cc(C)cc3C)C2=C2CCCCC2P(C2CCCCC2)C2CCCCC2)c(C)c1. The van der Waals surface area contributed by atoms with Gasteiger partial charge in [-0.1, -0.05) is 88.3 Å². The Bertz CT molecular complexity index is 1210. The zero-order chi connectivity index (χ0) is 29.4. The van der Waals surface area contributed by atoms with Gasteiger partial charge in [-0.15, -0.1) is 0 Å². The number of anilines is 2. The summed E-state index contributed by atoms with van der Waals surface area (Å²) in [4.78, 5) is 5.26.